The zero-order valence-corrected chi connectivity index (χ0v) is 19.0. The van der Waals surface area contributed by atoms with Crippen LogP contribution >= 0.6 is 0 Å². The predicted octanol–water partition coefficient (Wildman–Crippen LogP) is 2.03. The van der Waals surface area contributed by atoms with Gasteiger partial charge in [-0.25, -0.2) is 19.1 Å². The van der Waals surface area contributed by atoms with Crippen LogP contribution in [0.5, 0.6) is 0 Å². The first-order valence-electron chi connectivity index (χ1n) is 11.5. The molecule has 36 heavy (non-hydrogen) atoms. The lowest BCUT2D eigenvalue weighted by atomic mass is 9.60. The largest absolute Gasteiger partial charge is 0.453 e. The van der Waals surface area contributed by atoms with E-state index in [2.05, 4.69) is 25.3 Å². The van der Waals surface area contributed by atoms with Crippen LogP contribution < -0.4 is 0 Å². The molecule has 0 radical (unpaired) electrons. The maximum atomic E-state index is 12.8. The molecule has 2 aromatic heterocycles. The van der Waals surface area contributed by atoms with Gasteiger partial charge in [0.1, 0.15) is 12.9 Å². The predicted molar refractivity (Wildman–Crippen MR) is 108 cm³/mol. The Bertz CT molecular complexity index is 1150. The minimum atomic E-state index is -4.56. The third-order valence-electron chi connectivity index (χ3n) is 7.55. The topological polar surface area (TPSA) is 88.2 Å². The Balaban J connectivity index is 0.914. The van der Waals surface area contributed by atoms with Crippen LogP contribution in [-0.2, 0) is 19.3 Å². The molecule has 4 aliphatic rings. The highest BCUT2D eigenvalue weighted by Crippen LogP contribution is 2.54. The molecular formula is C20H23F6N9O. The van der Waals surface area contributed by atoms with Crippen molar-refractivity contribution in [1.82, 2.24) is 44.5 Å². The van der Waals surface area contributed by atoms with Crippen LogP contribution in [0.4, 0.5) is 31.1 Å². The second kappa shape index (κ2) is 7.55. The highest BCUT2D eigenvalue weighted by atomic mass is 19.4. The number of likely N-dealkylation sites (tertiary alicyclic amines) is 3. The van der Waals surface area contributed by atoms with Crippen molar-refractivity contribution in [1.29, 1.82) is 0 Å². The summed E-state index contributed by atoms with van der Waals surface area (Å²) >= 11 is 0. The molecule has 1 saturated carbocycles. The summed E-state index contributed by atoms with van der Waals surface area (Å²) in [6.07, 6.45) is -5.14. The number of aromatic nitrogens is 6. The Kier molecular flexibility index (Phi) is 4.93. The Morgan fingerprint density at radius 2 is 1.61 bits per heavy atom. The van der Waals surface area contributed by atoms with Gasteiger partial charge in [-0.05, 0) is 12.8 Å². The van der Waals surface area contributed by atoms with E-state index in [0.29, 0.717) is 51.3 Å². The molecule has 4 fully saturated rings. The number of rotatable bonds is 4. The summed E-state index contributed by atoms with van der Waals surface area (Å²) in [7, 11) is 0. The molecular weight excluding hydrogens is 496 g/mol. The van der Waals surface area contributed by atoms with Gasteiger partial charge in [0.2, 0.25) is 0 Å². The fourth-order valence-corrected chi connectivity index (χ4v) is 6.08. The van der Waals surface area contributed by atoms with Crippen LogP contribution in [0.1, 0.15) is 30.4 Å². The Labute approximate surface area is 200 Å². The SMILES string of the molecule is O=C(N1CC2(CC(n3cnc(C(F)(F)F)n3)C2)C1)N1CC2(CN(Cc3cn(CC(F)(F)F)nn3)C2)C1. The summed E-state index contributed by atoms with van der Waals surface area (Å²) < 4.78 is 77.5. The van der Waals surface area contributed by atoms with E-state index in [9.17, 15) is 31.1 Å². The van der Waals surface area contributed by atoms with Crippen molar-refractivity contribution in [3.63, 3.8) is 0 Å². The summed E-state index contributed by atoms with van der Waals surface area (Å²) in [5, 5.41) is 10.9. The van der Waals surface area contributed by atoms with Crippen molar-refractivity contribution >= 4 is 6.03 Å². The molecule has 2 amide bonds. The molecule has 0 N–H and O–H groups in total. The van der Waals surface area contributed by atoms with Crippen LogP contribution in [0, 0.1) is 10.8 Å². The summed E-state index contributed by atoms with van der Waals surface area (Å²) in [6.45, 7) is 3.18. The third kappa shape index (κ3) is 4.18. The zero-order valence-electron chi connectivity index (χ0n) is 19.0. The molecule has 2 spiro atoms. The average Bonchev–Trinajstić information content (AvgIpc) is 3.28. The number of amides is 2. The maximum absolute atomic E-state index is 12.8. The smallest absolute Gasteiger partial charge is 0.323 e. The number of hydrogen-bond acceptors (Lipinski definition) is 6. The van der Waals surface area contributed by atoms with E-state index < -0.39 is 24.7 Å². The van der Waals surface area contributed by atoms with Gasteiger partial charge in [0, 0.05) is 56.6 Å². The second-order valence-corrected chi connectivity index (χ2v) is 10.8. The normalized spacial score (nSPS) is 23.4. The van der Waals surface area contributed by atoms with Crippen molar-refractivity contribution in [2.75, 3.05) is 39.3 Å². The second-order valence-electron chi connectivity index (χ2n) is 10.8. The van der Waals surface area contributed by atoms with E-state index in [4.69, 9.17) is 0 Å². The number of hydrogen-bond donors (Lipinski definition) is 0. The van der Waals surface area contributed by atoms with E-state index >= 15 is 0 Å². The van der Waals surface area contributed by atoms with Crippen molar-refractivity contribution < 1.29 is 31.1 Å². The maximum Gasteiger partial charge on any atom is 0.453 e. The van der Waals surface area contributed by atoms with Crippen LogP contribution in [0.2, 0.25) is 0 Å². The van der Waals surface area contributed by atoms with Crippen LogP contribution in [0.15, 0.2) is 12.5 Å². The number of carbonyl (C=O) groups excluding carboxylic acids is 1. The van der Waals surface area contributed by atoms with Crippen molar-refractivity contribution in [2.45, 2.75) is 44.3 Å². The Morgan fingerprint density at radius 3 is 2.19 bits per heavy atom. The summed E-state index contributed by atoms with van der Waals surface area (Å²) in [4.78, 5) is 21.8. The molecule has 0 bridgehead atoms. The molecule has 1 aliphatic carbocycles. The Morgan fingerprint density at radius 1 is 0.972 bits per heavy atom. The molecule has 2 aromatic rings. The van der Waals surface area contributed by atoms with Gasteiger partial charge < -0.3 is 9.80 Å². The van der Waals surface area contributed by atoms with Crippen molar-refractivity contribution in [3.8, 4) is 0 Å². The summed E-state index contributed by atoms with van der Waals surface area (Å²) in [5.41, 5.74) is 0.446. The highest BCUT2D eigenvalue weighted by Gasteiger charge is 2.58. The van der Waals surface area contributed by atoms with Gasteiger partial charge in [-0.1, -0.05) is 5.21 Å². The number of alkyl halides is 6. The molecule has 3 aliphatic heterocycles. The number of carbonyl (C=O) groups is 1. The van der Waals surface area contributed by atoms with E-state index in [1.807, 2.05) is 0 Å². The van der Waals surface area contributed by atoms with Gasteiger partial charge in [0.05, 0.1) is 17.9 Å². The van der Waals surface area contributed by atoms with Gasteiger partial charge in [-0.15, -0.1) is 10.2 Å². The van der Waals surface area contributed by atoms with E-state index in [0.717, 1.165) is 24.1 Å². The average molecular weight is 519 g/mol. The molecule has 196 valence electrons. The van der Waals surface area contributed by atoms with Crippen molar-refractivity contribution in [2.24, 2.45) is 10.8 Å². The number of urea groups is 1. The minimum absolute atomic E-state index is 0.0189. The fraction of sp³-hybridized carbons (Fsp3) is 0.750. The van der Waals surface area contributed by atoms with Gasteiger partial charge in [0.15, 0.2) is 0 Å². The van der Waals surface area contributed by atoms with Gasteiger partial charge in [0.25, 0.3) is 5.82 Å². The van der Waals surface area contributed by atoms with E-state index in [1.54, 1.807) is 9.80 Å². The van der Waals surface area contributed by atoms with Gasteiger partial charge in [-0.2, -0.15) is 26.3 Å². The molecule has 10 nitrogen and oxygen atoms in total. The summed E-state index contributed by atoms with van der Waals surface area (Å²) in [6, 6.07) is -0.155. The third-order valence-corrected chi connectivity index (χ3v) is 7.55. The first-order chi connectivity index (χ1) is 16.8. The molecule has 0 aromatic carbocycles. The van der Waals surface area contributed by atoms with Gasteiger partial charge >= 0.3 is 18.4 Å². The molecule has 0 atom stereocenters. The first kappa shape index (κ1) is 23.5. The number of nitrogens with zero attached hydrogens (tertiary/aromatic N) is 9. The molecule has 0 unspecified atom stereocenters. The standard InChI is InChI=1S/C20H23F6N9O/c21-19(22,23)11-34-4-13(28-30-34)3-31-5-18(6-31)9-33(10-18)16(36)32-7-17(8-32)1-14(2-17)35-12-27-15(29-35)20(24,25)26/h4,12,14H,1-3,5-11H2. The highest BCUT2D eigenvalue weighted by molar-refractivity contribution is 5.77. The molecule has 3 saturated heterocycles. The molecule has 16 heteroatoms. The Hall–Kier alpha value is -2.91. The lowest BCUT2D eigenvalue weighted by Gasteiger charge is -2.63. The molecule has 6 rings (SSSR count). The lowest BCUT2D eigenvalue weighted by molar-refractivity contribution is -0.145. The van der Waals surface area contributed by atoms with Gasteiger partial charge in [-0.3, -0.25) is 4.90 Å². The molecule has 5 heterocycles. The van der Waals surface area contributed by atoms with E-state index in [1.165, 1.54) is 10.9 Å². The summed E-state index contributed by atoms with van der Waals surface area (Å²) in [5.74, 6) is -1.14. The van der Waals surface area contributed by atoms with Crippen LogP contribution in [-0.4, -0.2) is 95.9 Å². The van der Waals surface area contributed by atoms with Crippen molar-refractivity contribution in [3.05, 3.63) is 24.0 Å². The quantitative estimate of drug-likeness (QED) is 0.575. The number of halogens is 6. The minimum Gasteiger partial charge on any atom is -0.323 e. The zero-order chi connectivity index (χ0) is 25.5. The van der Waals surface area contributed by atoms with E-state index in [-0.39, 0.29) is 22.9 Å². The van der Waals surface area contributed by atoms with Crippen LogP contribution in [0.25, 0.3) is 0 Å². The first-order valence-corrected chi connectivity index (χ1v) is 11.5. The van der Waals surface area contributed by atoms with Crippen LogP contribution in [0.3, 0.4) is 0 Å². The fourth-order valence-electron chi connectivity index (χ4n) is 6.08. The monoisotopic (exact) mass is 519 g/mol. The lowest BCUT2D eigenvalue weighted by Crippen LogP contribution is -2.75.